The van der Waals surface area contributed by atoms with Crippen molar-refractivity contribution >= 4 is 11.6 Å². The molecule has 1 fully saturated rings. The van der Waals surface area contributed by atoms with Crippen molar-refractivity contribution in [3.63, 3.8) is 0 Å². The molecule has 2 heterocycles. The Labute approximate surface area is 127 Å². The molecule has 5 heteroatoms. The number of piperidine rings is 1. The average Bonchev–Trinajstić information content (AvgIpc) is 2.67. The molecule has 1 aromatic heterocycles. The van der Waals surface area contributed by atoms with E-state index in [0.29, 0.717) is 0 Å². The Kier molecular flexibility index (Phi) is 5.87. The quantitative estimate of drug-likeness (QED) is 0.876. The van der Waals surface area contributed by atoms with Gasteiger partial charge in [0, 0.05) is 20.1 Å². The summed E-state index contributed by atoms with van der Waals surface area (Å²) in [5.41, 5.74) is 2.07. The Bertz CT molecular complexity index is 424. The zero-order chi connectivity index (χ0) is 14.5. The summed E-state index contributed by atoms with van der Waals surface area (Å²) in [5, 5.41) is 8.75. The molecule has 1 N–H and O–H groups in total. The normalized spacial score (nSPS) is 19.8. The first-order chi connectivity index (χ1) is 9.61. The molecule has 20 heavy (non-hydrogen) atoms. The van der Waals surface area contributed by atoms with E-state index in [1.807, 2.05) is 18.7 Å². The predicted molar refractivity (Wildman–Crippen MR) is 84.1 cm³/mol. The summed E-state index contributed by atoms with van der Waals surface area (Å²) in [6.45, 7) is 9.72. The van der Waals surface area contributed by atoms with Crippen LogP contribution in [-0.4, -0.2) is 40.9 Å². The van der Waals surface area contributed by atoms with E-state index in [1.165, 1.54) is 25.8 Å². The fourth-order valence-electron chi connectivity index (χ4n) is 3.06. The third-order valence-corrected chi connectivity index (χ3v) is 4.58. The molecule has 1 saturated heterocycles. The van der Waals surface area contributed by atoms with E-state index in [1.54, 1.807) is 0 Å². The molecule has 1 aromatic rings. The Morgan fingerprint density at radius 2 is 2.30 bits per heavy atom. The number of nitrogens with zero attached hydrogens (tertiary/aromatic N) is 3. The summed E-state index contributed by atoms with van der Waals surface area (Å²) in [6, 6.07) is 0. The van der Waals surface area contributed by atoms with Crippen molar-refractivity contribution in [1.29, 1.82) is 0 Å². The Morgan fingerprint density at radius 3 is 2.85 bits per heavy atom. The average molecular weight is 299 g/mol. The van der Waals surface area contributed by atoms with E-state index in [9.17, 15) is 0 Å². The highest BCUT2D eigenvalue weighted by molar-refractivity contribution is 6.31. The fourth-order valence-corrected chi connectivity index (χ4v) is 3.28. The van der Waals surface area contributed by atoms with E-state index in [2.05, 4.69) is 22.2 Å². The lowest BCUT2D eigenvalue weighted by Crippen LogP contribution is -2.38. The van der Waals surface area contributed by atoms with E-state index in [4.69, 9.17) is 11.6 Å². The Hall–Kier alpha value is -0.580. The van der Waals surface area contributed by atoms with Gasteiger partial charge in [0.1, 0.15) is 0 Å². The van der Waals surface area contributed by atoms with Crippen LogP contribution in [-0.2, 0) is 13.6 Å². The summed E-state index contributed by atoms with van der Waals surface area (Å²) >= 11 is 6.38. The second-order valence-electron chi connectivity index (χ2n) is 5.92. The smallest absolute Gasteiger partial charge is 0.0860 e. The molecule has 0 saturated carbocycles. The summed E-state index contributed by atoms with van der Waals surface area (Å²) in [7, 11) is 1.99. The number of rotatable bonds is 6. The van der Waals surface area contributed by atoms with Gasteiger partial charge in [-0.05, 0) is 51.7 Å². The SMILES string of the molecule is CCCN(Cc1c(Cl)c(C)nn1C)CC1CCCNC1. The number of nitrogens with one attached hydrogen (secondary N) is 1. The number of aryl methyl sites for hydroxylation is 2. The van der Waals surface area contributed by atoms with E-state index in [0.717, 1.165) is 48.5 Å². The maximum atomic E-state index is 6.38. The zero-order valence-electron chi connectivity index (χ0n) is 13.0. The van der Waals surface area contributed by atoms with Gasteiger partial charge >= 0.3 is 0 Å². The van der Waals surface area contributed by atoms with Crippen molar-refractivity contribution in [3.8, 4) is 0 Å². The van der Waals surface area contributed by atoms with Crippen LogP contribution in [0.5, 0.6) is 0 Å². The maximum Gasteiger partial charge on any atom is 0.0860 e. The predicted octanol–water partition coefficient (Wildman–Crippen LogP) is 2.59. The van der Waals surface area contributed by atoms with Crippen LogP contribution >= 0.6 is 11.6 Å². The molecule has 4 nitrogen and oxygen atoms in total. The van der Waals surface area contributed by atoms with Gasteiger partial charge in [0.05, 0.1) is 16.4 Å². The van der Waals surface area contributed by atoms with Crippen LogP contribution in [0.25, 0.3) is 0 Å². The highest BCUT2D eigenvalue weighted by Gasteiger charge is 2.19. The second-order valence-corrected chi connectivity index (χ2v) is 6.30. The molecule has 0 aromatic carbocycles. The number of aromatic nitrogens is 2. The van der Waals surface area contributed by atoms with E-state index >= 15 is 0 Å². The third-order valence-electron chi connectivity index (χ3n) is 4.09. The van der Waals surface area contributed by atoms with Gasteiger partial charge in [-0.2, -0.15) is 5.10 Å². The molecule has 2 rings (SSSR count). The third kappa shape index (κ3) is 3.96. The zero-order valence-corrected chi connectivity index (χ0v) is 13.7. The van der Waals surface area contributed by atoms with Crippen molar-refractivity contribution in [2.24, 2.45) is 13.0 Å². The highest BCUT2D eigenvalue weighted by atomic mass is 35.5. The van der Waals surface area contributed by atoms with Gasteiger partial charge in [-0.3, -0.25) is 9.58 Å². The van der Waals surface area contributed by atoms with Gasteiger partial charge in [0.25, 0.3) is 0 Å². The Morgan fingerprint density at radius 1 is 1.50 bits per heavy atom. The summed E-state index contributed by atoms with van der Waals surface area (Å²) in [5.74, 6) is 0.767. The van der Waals surface area contributed by atoms with Crippen molar-refractivity contribution in [2.75, 3.05) is 26.2 Å². The molecule has 0 aliphatic carbocycles. The topological polar surface area (TPSA) is 33.1 Å². The first-order valence-corrected chi connectivity index (χ1v) is 8.10. The minimum Gasteiger partial charge on any atom is -0.316 e. The van der Waals surface area contributed by atoms with Crippen LogP contribution < -0.4 is 5.32 Å². The molecule has 0 radical (unpaired) electrons. The van der Waals surface area contributed by atoms with E-state index in [-0.39, 0.29) is 0 Å². The molecular weight excluding hydrogens is 272 g/mol. The van der Waals surface area contributed by atoms with Crippen molar-refractivity contribution in [3.05, 3.63) is 16.4 Å². The summed E-state index contributed by atoms with van der Waals surface area (Å²) in [4.78, 5) is 2.53. The second kappa shape index (κ2) is 7.43. The molecule has 1 aliphatic heterocycles. The van der Waals surface area contributed by atoms with Gasteiger partial charge < -0.3 is 5.32 Å². The van der Waals surface area contributed by atoms with Gasteiger partial charge in [-0.15, -0.1) is 0 Å². The van der Waals surface area contributed by atoms with Crippen LogP contribution in [0.3, 0.4) is 0 Å². The lowest BCUT2D eigenvalue weighted by molar-refractivity contribution is 0.197. The van der Waals surface area contributed by atoms with Gasteiger partial charge in [-0.1, -0.05) is 18.5 Å². The Balaban J connectivity index is 2.00. The molecule has 1 unspecified atom stereocenters. The molecule has 1 aliphatic rings. The van der Waals surface area contributed by atoms with Crippen molar-refractivity contribution in [2.45, 2.75) is 39.7 Å². The summed E-state index contributed by atoms with van der Waals surface area (Å²) in [6.07, 6.45) is 3.82. The number of hydrogen-bond donors (Lipinski definition) is 1. The van der Waals surface area contributed by atoms with Gasteiger partial charge in [0.15, 0.2) is 0 Å². The number of hydrogen-bond acceptors (Lipinski definition) is 3. The fraction of sp³-hybridized carbons (Fsp3) is 0.800. The van der Waals surface area contributed by atoms with Crippen LogP contribution in [0.4, 0.5) is 0 Å². The lowest BCUT2D eigenvalue weighted by atomic mass is 9.99. The van der Waals surface area contributed by atoms with E-state index < -0.39 is 0 Å². The summed E-state index contributed by atoms with van der Waals surface area (Å²) < 4.78 is 1.93. The molecular formula is C15H27ClN4. The first-order valence-electron chi connectivity index (χ1n) is 7.72. The largest absolute Gasteiger partial charge is 0.316 e. The first kappa shape index (κ1) is 15.8. The van der Waals surface area contributed by atoms with Crippen molar-refractivity contribution in [1.82, 2.24) is 20.0 Å². The van der Waals surface area contributed by atoms with Gasteiger partial charge in [0.2, 0.25) is 0 Å². The standard InChI is InChI=1S/C15H27ClN4/c1-4-8-20(10-13-6-5-7-17-9-13)11-14-15(16)12(2)18-19(14)3/h13,17H,4-11H2,1-3H3. The lowest BCUT2D eigenvalue weighted by Gasteiger charge is -2.30. The minimum absolute atomic E-state index is 0.767. The van der Waals surface area contributed by atoms with Gasteiger partial charge in [-0.25, -0.2) is 0 Å². The molecule has 114 valence electrons. The van der Waals surface area contributed by atoms with Crippen LogP contribution in [0, 0.1) is 12.8 Å². The highest BCUT2D eigenvalue weighted by Crippen LogP contribution is 2.22. The molecule has 0 amide bonds. The molecule has 1 atom stereocenters. The van der Waals surface area contributed by atoms with Crippen molar-refractivity contribution < 1.29 is 0 Å². The van der Waals surface area contributed by atoms with Crippen LogP contribution in [0.1, 0.15) is 37.6 Å². The maximum absolute atomic E-state index is 6.38. The van der Waals surface area contributed by atoms with Crippen LogP contribution in [0.15, 0.2) is 0 Å². The van der Waals surface area contributed by atoms with Crippen LogP contribution in [0.2, 0.25) is 5.02 Å². The molecule has 0 spiro atoms. The minimum atomic E-state index is 0.767. The molecule has 0 bridgehead atoms. The monoisotopic (exact) mass is 298 g/mol. The number of halogens is 1.